The number of benzene rings is 2. The molecule has 0 spiro atoms. The summed E-state index contributed by atoms with van der Waals surface area (Å²) in [7, 11) is -3.58. The summed E-state index contributed by atoms with van der Waals surface area (Å²) in [5.74, 6) is 0.516. The van der Waals surface area contributed by atoms with Crippen molar-refractivity contribution in [2.24, 2.45) is 0 Å². The number of rotatable bonds is 10. The zero-order valence-corrected chi connectivity index (χ0v) is 24.1. The number of hydrogen-bond acceptors (Lipinski definition) is 6. The number of carbonyl (C=O) groups excluding carboxylic acids is 1. The number of aryl methyl sites for hydroxylation is 2. The van der Waals surface area contributed by atoms with Gasteiger partial charge in [-0.1, -0.05) is 26.0 Å². The van der Waals surface area contributed by atoms with E-state index in [1.165, 1.54) is 4.90 Å². The number of phenols is 1. The third kappa shape index (κ3) is 8.09. The molecule has 2 rings (SSSR count). The monoisotopic (exact) mass is 519 g/mol. The molecule has 2 aromatic rings. The average molecular weight is 520 g/mol. The summed E-state index contributed by atoms with van der Waals surface area (Å²) in [4.78, 5) is 14.6. The number of amides is 1. The Balaban J connectivity index is 2.49. The second kappa shape index (κ2) is 12.3. The SMILES string of the molecule is CCOP(=O)(CN(C(=O)OC(C)(C)C)c1cc(C)c(Cc2ccc(O)c(C(C)C)c2)c(C)c1)OCC. The van der Waals surface area contributed by atoms with E-state index >= 15 is 0 Å². The topological polar surface area (TPSA) is 85.3 Å². The summed E-state index contributed by atoms with van der Waals surface area (Å²) in [6, 6.07) is 9.52. The lowest BCUT2D eigenvalue weighted by atomic mass is 9.92. The third-order valence-corrected chi connectivity index (χ3v) is 7.60. The molecular formula is C28H42NO6P. The molecule has 0 bridgehead atoms. The Morgan fingerprint density at radius 3 is 2.06 bits per heavy atom. The molecule has 0 aromatic heterocycles. The first-order valence-corrected chi connectivity index (χ1v) is 14.2. The van der Waals surface area contributed by atoms with Gasteiger partial charge in [0.05, 0.1) is 13.2 Å². The van der Waals surface area contributed by atoms with Crippen LogP contribution in [0.15, 0.2) is 30.3 Å². The third-order valence-electron chi connectivity index (χ3n) is 5.67. The van der Waals surface area contributed by atoms with Crippen molar-refractivity contribution in [2.45, 2.75) is 80.3 Å². The van der Waals surface area contributed by atoms with Crippen LogP contribution in [0.2, 0.25) is 0 Å². The van der Waals surface area contributed by atoms with E-state index in [9.17, 15) is 14.5 Å². The number of aromatic hydroxyl groups is 1. The largest absolute Gasteiger partial charge is 0.508 e. The van der Waals surface area contributed by atoms with Gasteiger partial charge in [-0.05, 0) is 107 Å². The van der Waals surface area contributed by atoms with E-state index < -0.39 is 19.3 Å². The highest BCUT2D eigenvalue weighted by Gasteiger charge is 2.33. The van der Waals surface area contributed by atoms with Crippen LogP contribution in [0.3, 0.4) is 0 Å². The maximum atomic E-state index is 13.3. The van der Waals surface area contributed by atoms with Crippen LogP contribution in [0.25, 0.3) is 0 Å². The maximum absolute atomic E-state index is 13.3. The molecule has 0 unspecified atom stereocenters. The molecule has 1 N–H and O–H groups in total. The van der Waals surface area contributed by atoms with Crippen molar-refractivity contribution in [1.29, 1.82) is 0 Å². The summed E-state index contributed by atoms with van der Waals surface area (Å²) >= 11 is 0. The molecule has 0 saturated heterocycles. The Morgan fingerprint density at radius 1 is 1.03 bits per heavy atom. The lowest BCUT2D eigenvalue weighted by Crippen LogP contribution is -2.38. The molecule has 0 radical (unpaired) electrons. The zero-order valence-electron chi connectivity index (χ0n) is 23.2. The lowest BCUT2D eigenvalue weighted by molar-refractivity contribution is 0.0581. The van der Waals surface area contributed by atoms with Crippen molar-refractivity contribution in [3.63, 3.8) is 0 Å². The minimum atomic E-state index is -3.58. The van der Waals surface area contributed by atoms with Gasteiger partial charge in [0, 0.05) is 5.69 Å². The van der Waals surface area contributed by atoms with Crippen molar-refractivity contribution in [1.82, 2.24) is 0 Å². The summed E-state index contributed by atoms with van der Waals surface area (Å²) in [6.07, 6.45) is -0.188. The summed E-state index contributed by atoms with van der Waals surface area (Å²) in [5, 5.41) is 10.2. The van der Waals surface area contributed by atoms with Gasteiger partial charge in [0.2, 0.25) is 0 Å². The molecule has 0 aliphatic carbocycles. The van der Waals surface area contributed by atoms with E-state index in [0.717, 1.165) is 27.8 Å². The number of hydrogen-bond donors (Lipinski definition) is 1. The molecule has 0 heterocycles. The van der Waals surface area contributed by atoms with E-state index in [2.05, 4.69) is 13.8 Å². The predicted molar refractivity (Wildman–Crippen MR) is 145 cm³/mol. The first kappa shape index (κ1) is 29.9. The van der Waals surface area contributed by atoms with Crippen LogP contribution in [-0.4, -0.2) is 36.3 Å². The predicted octanol–water partition coefficient (Wildman–Crippen LogP) is 7.69. The molecule has 1 amide bonds. The van der Waals surface area contributed by atoms with Gasteiger partial charge in [0.1, 0.15) is 17.6 Å². The van der Waals surface area contributed by atoms with E-state index in [4.69, 9.17) is 13.8 Å². The number of anilines is 1. The quantitative estimate of drug-likeness (QED) is 0.324. The summed E-state index contributed by atoms with van der Waals surface area (Å²) in [6.45, 7) is 17.3. The molecule has 2 aromatic carbocycles. The normalized spacial score (nSPS) is 12.2. The van der Waals surface area contributed by atoms with Crippen molar-refractivity contribution < 1.29 is 28.3 Å². The second-order valence-electron chi connectivity index (χ2n) is 10.3. The minimum Gasteiger partial charge on any atom is -0.508 e. The van der Waals surface area contributed by atoms with E-state index in [1.807, 2.05) is 38.1 Å². The van der Waals surface area contributed by atoms with Gasteiger partial charge in [-0.15, -0.1) is 0 Å². The second-order valence-corrected chi connectivity index (χ2v) is 12.3. The Kier molecular flexibility index (Phi) is 10.2. The van der Waals surface area contributed by atoms with Gasteiger partial charge < -0.3 is 18.9 Å². The molecule has 36 heavy (non-hydrogen) atoms. The van der Waals surface area contributed by atoms with E-state index in [1.54, 1.807) is 40.7 Å². The van der Waals surface area contributed by atoms with Crippen LogP contribution in [0.4, 0.5) is 10.5 Å². The van der Waals surface area contributed by atoms with Gasteiger partial charge in [-0.2, -0.15) is 0 Å². The van der Waals surface area contributed by atoms with Gasteiger partial charge in [0.15, 0.2) is 0 Å². The number of nitrogens with zero attached hydrogens (tertiary/aromatic N) is 1. The molecule has 0 fully saturated rings. The Morgan fingerprint density at radius 2 is 1.58 bits per heavy atom. The van der Waals surface area contributed by atoms with E-state index in [0.29, 0.717) is 17.9 Å². The van der Waals surface area contributed by atoms with Crippen molar-refractivity contribution in [3.8, 4) is 5.75 Å². The first-order valence-electron chi connectivity index (χ1n) is 12.5. The number of ether oxygens (including phenoxy) is 1. The van der Waals surface area contributed by atoms with Crippen molar-refractivity contribution in [2.75, 3.05) is 24.4 Å². The number of carbonyl (C=O) groups is 1. The minimum absolute atomic E-state index is 0.196. The van der Waals surface area contributed by atoms with Crippen LogP contribution in [0.1, 0.15) is 82.2 Å². The molecule has 7 nitrogen and oxygen atoms in total. The Bertz CT molecular complexity index is 1070. The molecule has 0 atom stereocenters. The highest BCUT2D eigenvalue weighted by molar-refractivity contribution is 7.54. The molecule has 0 aliphatic heterocycles. The van der Waals surface area contributed by atoms with Gasteiger partial charge in [-0.3, -0.25) is 9.46 Å². The molecular weight excluding hydrogens is 477 g/mol. The summed E-state index contributed by atoms with van der Waals surface area (Å²) < 4.78 is 29.9. The Hall–Kier alpha value is -2.34. The summed E-state index contributed by atoms with van der Waals surface area (Å²) in [5.41, 5.74) is 4.95. The molecule has 0 saturated carbocycles. The van der Waals surface area contributed by atoms with Crippen LogP contribution in [-0.2, 0) is 24.8 Å². The van der Waals surface area contributed by atoms with Crippen molar-refractivity contribution >= 4 is 19.4 Å². The highest BCUT2D eigenvalue weighted by atomic mass is 31.2. The fourth-order valence-corrected chi connectivity index (χ4v) is 5.68. The average Bonchev–Trinajstić information content (AvgIpc) is 2.74. The zero-order chi connectivity index (χ0) is 27.3. The van der Waals surface area contributed by atoms with Crippen molar-refractivity contribution in [3.05, 3.63) is 58.1 Å². The van der Waals surface area contributed by atoms with Crippen LogP contribution < -0.4 is 4.90 Å². The molecule has 0 aliphatic rings. The Labute approximate surface area is 216 Å². The van der Waals surface area contributed by atoms with Crippen LogP contribution in [0.5, 0.6) is 5.75 Å². The smallest absolute Gasteiger partial charge is 0.415 e. The van der Waals surface area contributed by atoms with Gasteiger partial charge in [0.25, 0.3) is 0 Å². The van der Waals surface area contributed by atoms with Crippen LogP contribution >= 0.6 is 7.60 Å². The molecule has 200 valence electrons. The fraction of sp³-hybridized carbons (Fsp3) is 0.536. The fourth-order valence-electron chi connectivity index (χ4n) is 4.03. The van der Waals surface area contributed by atoms with Gasteiger partial charge >= 0.3 is 13.7 Å². The number of phenolic OH excluding ortho intramolecular Hbond substituents is 1. The van der Waals surface area contributed by atoms with Gasteiger partial charge in [-0.25, -0.2) is 4.79 Å². The van der Waals surface area contributed by atoms with E-state index in [-0.39, 0.29) is 25.4 Å². The molecule has 8 heteroatoms. The maximum Gasteiger partial charge on any atom is 0.415 e. The lowest BCUT2D eigenvalue weighted by Gasteiger charge is -2.30. The highest BCUT2D eigenvalue weighted by Crippen LogP contribution is 2.49. The first-order chi connectivity index (χ1) is 16.7. The van der Waals surface area contributed by atoms with Crippen LogP contribution in [0, 0.1) is 13.8 Å². The standard InChI is InChI=1S/C28H42NO6P/c1-10-33-36(32,34-11-2)18-29(27(31)35-28(7,8)9)23-14-20(5)25(21(6)15-23)17-22-12-13-26(30)24(16-22)19(3)4/h12-16,19,30H,10-11,17-18H2,1-9H3.